The van der Waals surface area contributed by atoms with Crippen LogP contribution < -0.4 is 0 Å². The van der Waals surface area contributed by atoms with Crippen molar-refractivity contribution in [2.45, 2.75) is 67.4 Å². The Labute approximate surface area is 136 Å². The maximum Gasteiger partial charge on any atom is 0.460 e. The highest BCUT2D eigenvalue weighted by atomic mass is 127. The molecule has 2 atom stereocenters. The van der Waals surface area contributed by atoms with E-state index in [1.807, 2.05) is 0 Å². The number of alkyl halides is 10. The third-order valence-electron chi connectivity index (χ3n) is 3.37. The first-order valence-corrected chi connectivity index (χ1v) is 7.73. The van der Waals surface area contributed by atoms with Gasteiger partial charge in [0.25, 0.3) is 0 Å². The number of hydrogen-bond donors (Lipinski definition) is 0. The molecule has 0 saturated carbocycles. The summed E-state index contributed by atoms with van der Waals surface area (Å²) in [5, 5.41) is 0. The van der Waals surface area contributed by atoms with Crippen LogP contribution in [0, 0.1) is 5.92 Å². The van der Waals surface area contributed by atoms with Gasteiger partial charge >= 0.3 is 23.9 Å². The normalized spacial score (nSPS) is 17.5. The van der Waals surface area contributed by atoms with E-state index in [0.29, 0.717) is 19.8 Å². The summed E-state index contributed by atoms with van der Waals surface area (Å²) >= 11 is 1.38. The van der Waals surface area contributed by atoms with E-state index in [1.54, 1.807) is 6.92 Å². The van der Waals surface area contributed by atoms with Gasteiger partial charge in [-0.15, -0.1) is 0 Å². The second-order valence-corrected chi connectivity index (χ2v) is 6.67. The minimum Gasteiger partial charge on any atom is -0.199 e. The van der Waals surface area contributed by atoms with Crippen molar-refractivity contribution in [1.29, 1.82) is 0 Å². The largest absolute Gasteiger partial charge is 0.460 e. The molecule has 2 unspecified atom stereocenters. The summed E-state index contributed by atoms with van der Waals surface area (Å²) in [6.07, 6.45) is -5.00. The molecule has 0 aliphatic carbocycles. The fraction of sp³-hybridized carbons (Fsp3) is 1.00. The Morgan fingerprint density at radius 1 is 0.818 bits per heavy atom. The van der Waals surface area contributed by atoms with Crippen molar-refractivity contribution >= 4 is 22.6 Å². The first-order chi connectivity index (χ1) is 9.64. The van der Waals surface area contributed by atoms with Crippen molar-refractivity contribution in [1.82, 2.24) is 0 Å². The summed E-state index contributed by atoms with van der Waals surface area (Å²) in [5.41, 5.74) is 0. The molecule has 0 bridgehead atoms. The topological polar surface area (TPSA) is 0 Å². The number of halogens is 10. The maximum atomic E-state index is 13.6. The van der Waals surface area contributed by atoms with Crippen LogP contribution in [0.1, 0.15) is 39.5 Å². The molecule has 0 amide bonds. The van der Waals surface area contributed by atoms with E-state index >= 15 is 0 Å². The summed E-state index contributed by atoms with van der Waals surface area (Å²) in [5.74, 6) is -21.2. The Hall–Kier alpha value is 0.1000. The highest BCUT2D eigenvalue weighted by molar-refractivity contribution is 14.1. The fourth-order valence-corrected chi connectivity index (χ4v) is 2.63. The lowest BCUT2D eigenvalue weighted by Gasteiger charge is -2.38. The zero-order valence-electron chi connectivity index (χ0n) is 11.8. The van der Waals surface area contributed by atoms with Crippen LogP contribution in [-0.4, -0.2) is 27.9 Å². The van der Waals surface area contributed by atoms with Crippen molar-refractivity contribution in [2.24, 2.45) is 5.92 Å². The molecule has 10 heteroatoms. The molecule has 0 heterocycles. The van der Waals surface area contributed by atoms with Crippen LogP contribution in [0.5, 0.6) is 0 Å². The van der Waals surface area contributed by atoms with E-state index in [1.165, 1.54) is 22.6 Å². The van der Waals surface area contributed by atoms with Crippen LogP contribution in [0.25, 0.3) is 0 Å². The first kappa shape index (κ1) is 22.1. The van der Waals surface area contributed by atoms with Crippen LogP contribution in [0.4, 0.5) is 39.5 Å². The lowest BCUT2D eigenvalue weighted by molar-refractivity contribution is -0.402. The van der Waals surface area contributed by atoms with Crippen LogP contribution in [0.3, 0.4) is 0 Å². The molecule has 0 aromatic carbocycles. The van der Waals surface area contributed by atoms with Crippen molar-refractivity contribution in [3.8, 4) is 0 Å². The van der Waals surface area contributed by atoms with E-state index in [4.69, 9.17) is 0 Å². The molecule has 0 saturated heterocycles. The van der Waals surface area contributed by atoms with Gasteiger partial charge in [0.05, 0.1) is 0 Å². The number of rotatable bonds is 8. The van der Waals surface area contributed by atoms with Crippen molar-refractivity contribution in [2.75, 3.05) is 0 Å². The Morgan fingerprint density at radius 3 is 1.64 bits per heavy atom. The number of unbranched alkanes of at least 4 members (excludes halogenated alkanes) is 2. The first-order valence-electron chi connectivity index (χ1n) is 6.48. The van der Waals surface area contributed by atoms with Crippen LogP contribution in [0.2, 0.25) is 0 Å². The Morgan fingerprint density at radius 2 is 1.27 bits per heavy atom. The van der Waals surface area contributed by atoms with E-state index in [9.17, 15) is 39.5 Å². The predicted octanol–water partition coefficient (Wildman–Crippen LogP) is 6.47. The second kappa shape index (κ2) is 7.33. The minimum absolute atomic E-state index is 0.0266. The molecule has 134 valence electrons. The Bertz CT molecular complexity index is 351. The van der Waals surface area contributed by atoms with Gasteiger partial charge in [0.15, 0.2) is 0 Å². The molecule has 0 fully saturated rings. The molecule has 0 aliphatic rings. The SMILES string of the molecule is CCCCCC(I)C(C)C(F)(F)C(F)(F)C(F)(F)C(F)(F)F. The highest BCUT2D eigenvalue weighted by Crippen LogP contribution is 2.56. The summed E-state index contributed by atoms with van der Waals surface area (Å²) in [4.78, 5) is 0. The van der Waals surface area contributed by atoms with Gasteiger partial charge in [-0.25, -0.2) is 0 Å². The van der Waals surface area contributed by atoms with Crippen LogP contribution in [-0.2, 0) is 0 Å². The van der Waals surface area contributed by atoms with Gasteiger partial charge < -0.3 is 0 Å². The predicted molar refractivity (Wildman–Crippen MR) is 72.0 cm³/mol. The molecule has 0 aliphatic heterocycles. The summed E-state index contributed by atoms with van der Waals surface area (Å²) in [6.45, 7) is 2.36. The van der Waals surface area contributed by atoms with Crippen molar-refractivity contribution in [3.05, 3.63) is 0 Å². The van der Waals surface area contributed by atoms with E-state index in [2.05, 4.69) is 0 Å². The molecule has 0 radical (unpaired) electrons. The Balaban J connectivity index is 5.34. The standard InChI is InChI=1S/C12H16F9I/c1-3-4-5-6-8(22)7(2)9(13,14)10(15,16)11(17,18)12(19,20)21/h7-8H,3-6H2,1-2H3. The quantitative estimate of drug-likeness (QED) is 0.169. The molecule has 0 aromatic rings. The van der Waals surface area contributed by atoms with E-state index in [0.717, 1.165) is 6.42 Å². The van der Waals surface area contributed by atoms with Gasteiger partial charge in [-0.05, 0) is 6.42 Å². The third-order valence-corrected chi connectivity index (χ3v) is 5.07. The summed E-state index contributed by atoms with van der Waals surface area (Å²) in [6, 6.07) is 0. The molecule has 0 N–H and O–H groups in total. The molecular weight excluding hydrogens is 442 g/mol. The molecule has 0 rings (SSSR count). The zero-order chi connectivity index (χ0) is 18.0. The molecule has 22 heavy (non-hydrogen) atoms. The van der Waals surface area contributed by atoms with Crippen LogP contribution >= 0.6 is 22.6 Å². The highest BCUT2D eigenvalue weighted by Gasteiger charge is 2.82. The lowest BCUT2D eigenvalue weighted by Crippen LogP contribution is -2.63. The average Bonchev–Trinajstić information content (AvgIpc) is 2.36. The fourth-order valence-electron chi connectivity index (χ4n) is 1.74. The lowest BCUT2D eigenvalue weighted by atomic mass is 9.89. The van der Waals surface area contributed by atoms with Gasteiger partial charge in [-0.2, -0.15) is 39.5 Å². The van der Waals surface area contributed by atoms with E-state index < -0.39 is 33.8 Å². The molecule has 0 spiro atoms. The monoisotopic (exact) mass is 458 g/mol. The number of hydrogen-bond acceptors (Lipinski definition) is 0. The smallest absolute Gasteiger partial charge is 0.199 e. The van der Waals surface area contributed by atoms with Gasteiger partial charge in [-0.3, -0.25) is 0 Å². The maximum absolute atomic E-state index is 13.6. The molecule has 0 aromatic heterocycles. The summed E-state index contributed by atoms with van der Waals surface area (Å²) < 4.78 is 114. The minimum atomic E-state index is -6.81. The second-order valence-electron chi connectivity index (χ2n) is 5.07. The van der Waals surface area contributed by atoms with Crippen molar-refractivity contribution in [3.63, 3.8) is 0 Å². The van der Waals surface area contributed by atoms with Crippen molar-refractivity contribution < 1.29 is 39.5 Å². The zero-order valence-corrected chi connectivity index (χ0v) is 13.9. The van der Waals surface area contributed by atoms with Gasteiger partial charge in [0.2, 0.25) is 0 Å². The molecule has 0 nitrogen and oxygen atoms in total. The Kier molecular flexibility index (Phi) is 7.36. The van der Waals surface area contributed by atoms with Gasteiger partial charge in [-0.1, -0.05) is 55.7 Å². The average molecular weight is 458 g/mol. The van der Waals surface area contributed by atoms with Gasteiger partial charge in [0.1, 0.15) is 0 Å². The molecular formula is C12H16F9I. The summed E-state index contributed by atoms with van der Waals surface area (Å²) in [7, 11) is 0. The van der Waals surface area contributed by atoms with Crippen LogP contribution in [0.15, 0.2) is 0 Å². The van der Waals surface area contributed by atoms with E-state index in [-0.39, 0.29) is 6.42 Å². The third kappa shape index (κ3) is 4.14. The van der Waals surface area contributed by atoms with Gasteiger partial charge in [0, 0.05) is 9.84 Å².